The molecule has 2 N–H and O–H groups in total. The van der Waals surface area contributed by atoms with E-state index in [2.05, 4.69) is 5.32 Å². The standard InChI is InChI=1S/C12H18N2O3/c1-4-7-12(2,11(16)17)13-10(15)9-6-5-8-14(9)3/h5-6,8H,4,7H2,1-3H3,(H,13,15)(H,16,17). The van der Waals surface area contributed by atoms with Crippen LogP contribution < -0.4 is 5.32 Å². The van der Waals surface area contributed by atoms with Crippen LogP contribution in [0.4, 0.5) is 0 Å². The largest absolute Gasteiger partial charge is 0.480 e. The lowest BCUT2D eigenvalue weighted by molar-refractivity contribution is -0.144. The van der Waals surface area contributed by atoms with E-state index in [0.717, 1.165) is 0 Å². The van der Waals surface area contributed by atoms with E-state index in [0.29, 0.717) is 18.5 Å². The molecule has 0 saturated carbocycles. The van der Waals surface area contributed by atoms with Gasteiger partial charge in [0.15, 0.2) is 0 Å². The smallest absolute Gasteiger partial charge is 0.329 e. The summed E-state index contributed by atoms with van der Waals surface area (Å²) in [4.78, 5) is 23.1. The highest BCUT2D eigenvalue weighted by molar-refractivity contribution is 5.96. The van der Waals surface area contributed by atoms with E-state index in [1.165, 1.54) is 6.92 Å². The summed E-state index contributed by atoms with van der Waals surface area (Å²) in [6.07, 6.45) is 2.83. The summed E-state index contributed by atoms with van der Waals surface area (Å²) in [6, 6.07) is 3.40. The molecule has 1 aromatic heterocycles. The van der Waals surface area contributed by atoms with Crippen LogP contribution in [0.1, 0.15) is 37.2 Å². The predicted molar refractivity (Wildman–Crippen MR) is 63.8 cm³/mol. The maximum atomic E-state index is 11.9. The van der Waals surface area contributed by atoms with E-state index in [1.807, 2.05) is 6.92 Å². The molecule has 1 heterocycles. The summed E-state index contributed by atoms with van der Waals surface area (Å²) in [5.74, 6) is -1.38. The van der Waals surface area contributed by atoms with Gasteiger partial charge in [-0.05, 0) is 25.5 Å². The number of aromatic nitrogens is 1. The van der Waals surface area contributed by atoms with Gasteiger partial charge >= 0.3 is 5.97 Å². The summed E-state index contributed by atoms with van der Waals surface area (Å²) in [5, 5.41) is 11.7. The van der Waals surface area contributed by atoms with E-state index in [1.54, 1.807) is 29.9 Å². The lowest BCUT2D eigenvalue weighted by Crippen LogP contribution is -2.52. The van der Waals surface area contributed by atoms with Crippen molar-refractivity contribution in [3.8, 4) is 0 Å². The van der Waals surface area contributed by atoms with Crippen LogP contribution in [-0.2, 0) is 11.8 Å². The van der Waals surface area contributed by atoms with Crippen LogP contribution in [0.15, 0.2) is 18.3 Å². The van der Waals surface area contributed by atoms with Gasteiger partial charge in [0.05, 0.1) is 0 Å². The summed E-state index contributed by atoms with van der Waals surface area (Å²) >= 11 is 0. The quantitative estimate of drug-likeness (QED) is 0.814. The molecule has 0 aliphatic carbocycles. The van der Waals surface area contributed by atoms with Crippen LogP contribution in [0.25, 0.3) is 0 Å². The molecule has 1 amide bonds. The van der Waals surface area contributed by atoms with Gasteiger partial charge in [-0.1, -0.05) is 13.3 Å². The van der Waals surface area contributed by atoms with Crippen molar-refractivity contribution in [1.82, 2.24) is 9.88 Å². The molecule has 1 atom stereocenters. The third-order valence-corrected chi connectivity index (χ3v) is 2.79. The van der Waals surface area contributed by atoms with Crippen molar-refractivity contribution in [3.63, 3.8) is 0 Å². The van der Waals surface area contributed by atoms with Gasteiger partial charge < -0.3 is 15.0 Å². The van der Waals surface area contributed by atoms with Gasteiger partial charge in [0, 0.05) is 13.2 Å². The average molecular weight is 238 g/mol. The Morgan fingerprint density at radius 3 is 2.59 bits per heavy atom. The molecule has 0 radical (unpaired) electrons. The lowest BCUT2D eigenvalue weighted by Gasteiger charge is -2.25. The molecule has 0 aliphatic heterocycles. The second kappa shape index (κ2) is 5.03. The zero-order chi connectivity index (χ0) is 13.1. The SMILES string of the molecule is CCCC(C)(NC(=O)c1cccn1C)C(=O)O. The third-order valence-electron chi connectivity index (χ3n) is 2.79. The molecule has 0 fully saturated rings. The van der Waals surface area contributed by atoms with E-state index in [9.17, 15) is 9.59 Å². The zero-order valence-electron chi connectivity index (χ0n) is 10.4. The molecule has 1 unspecified atom stereocenters. The Labute approximate surface area is 100 Å². The van der Waals surface area contributed by atoms with Crippen molar-refractivity contribution < 1.29 is 14.7 Å². The first-order chi connectivity index (χ1) is 7.90. The number of hydrogen-bond donors (Lipinski definition) is 2. The molecule has 0 saturated heterocycles. The molecule has 5 nitrogen and oxygen atoms in total. The summed E-state index contributed by atoms with van der Waals surface area (Å²) in [7, 11) is 1.74. The number of nitrogens with zero attached hydrogens (tertiary/aromatic N) is 1. The average Bonchev–Trinajstić information content (AvgIpc) is 2.64. The van der Waals surface area contributed by atoms with Crippen molar-refractivity contribution in [1.29, 1.82) is 0 Å². The fourth-order valence-corrected chi connectivity index (χ4v) is 1.73. The number of carbonyl (C=O) groups is 2. The monoisotopic (exact) mass is 238 g/mol. The van der Waals surface area contributed by atoms with E-state index in [-0.39, 0.29) is 5.91 Å². The minimum Gasteiger partial charge on any atom is -0.480 e. The lowest BCUT2D eigenvalue weighted by atomic mass is 9.96. The second-order valence-electron chi connectivity index (χ2n) is 4.35. The van der Waals surface area contributed by atoms with Crippen molar-refractivity contribution in [2.45, 2.75) is 32.2 Å². The Hall–Kier alpha value is -1.78. The van der Waals surface area contributed by atoms with Gasteiger partial charge in [0.25, 0.3) is 5.91 Å². The van der Waals surface area contributed by atoms with Crippen LogP contribution in [0.5, 0.6) is 0 Å². The molecular formula is C12H18N2O3. The number of hydrogen-bond acceptors (Lipinski definition) is 2. The summed E-state index contributed by atoms with van der Waals surface area (Å²) in [5.41, 5.74) is -0.760. The van der Waals surface area contributed by atoms with E-state index < -0.39 is 11.5 Å². The van der Waals surface area contributed by atoms with Crippen LogP contribution in [0.2, 0.25) is 0 Å². The number of carboxylic acid groups (broad SMARTS) is 1. The number of rotatable bonds is 5. The molecule has 1 rings (SSSR count). The van der Waals surface area contributed by atoms with Gasteiger partial charge in [0.2, 0.25) is 0 Å². The number of aryl methyl sites for hydroxylation is 1. The number of carboxylic acids is 1. The van der Waals surface area contributed by atoms with Crippen molar-refractivity contribution in [2.24, 2.45) is 7.05 Å². The fraction of sp³-hybridized carbons (Fsp3) is 0.500. The van der Waals surface area contributed by atoms with Crippen molar-refractivity contribution >= 4 is 11.9 Å². The van der Waals surface area contributed by atoms with Crippen LogP contribution in [-0.4, -0.2) is 27.1 Å². The molecule has 0 aromatic carbocycles. The highest BCUT2D eigenvalue weighted by Crippen LogP contribution is 2.14. The predicted octanol–water partition coefficient (Wildman–Crippen LogP) is 1.40. The van der Waals surface area contributed by atoms with Gasteiger partial charge in [0.1, 0.15) is 11.2 Å². The normalized spacial score (nSPS) is 14.1. The molecular weight excluding hydrogens is 220 g/mol. The minimum atomic E-state index is -1.21. The number of amides is 1. The van der Waals surface area contributed by atoms with E-state index in [4.69, 9.17) is 5.11 Å². The molecule has 0 bridgehead atoms. The maximum absolute atomic E-state index is 11.9. The first-order valence-corrected chi connectivity index (χ1v) is 5.58. The number of aliphatic carboxylic acids is 1. The molecule has 1 aromatic rings. The summed E-state index contributed by atoms with van der Waals surface area (Å²) < 4.78 is 1.66. The zero-order valence-corrected chi connectivity index (χ0v) is 10.4. The number of carbonyl (C=O) groups excluding carboxylic acids is 1. The Morgan fingerprint density at radius 2 is 2.18 bits per heavy atom. The molecule has 0 aliphatic rings. The van der Waals surface area contributed by atoms with Gasteiger partial charge in [-0.3, -0.25) is 4.79 Å². The Morgan fingerprint density at radius 1 is 1.53 bits per heavy atom. The molecule has 5 heteroatoms. The highest BCUT2D eigenvalue weighted by Gasteiger charge is 2.34. The van der Waals surface area contributed by atoms with Crippen molar-refractivity contribution in [2.75, 3.05) is 0 Å². The van der Waals surface area contributed by atoms with Crippen molar-refractivity contribution in [3.05, 3.63) is 24.0 Å². The highest BCUT2D eigenvalue weighted by atomic mass is 16.4. The first-order valence-electron chi connectivity index (χ1n) is 5.58. The maximum Gasteiger partial charge on any atom is 0.329 e. The Balaban J connectivity index is 2.85. The molecule has 94 valence electrons. The summed E-state index contributed by atoms with van der Waals surface area (Å²) in [6.45, 7) is 3.41. The minimum absolute atomic E-state index is 0.365. The van der Waals surface area contributed by atoms with Gasteiger partial charge in [-0.25, -0.2) is 4.79 Å². The van der Waals surface area contributed by atoms with E-state index >= 15 is 0 Å². The van der Waals surface area contributed by atoms with Gasteiger partial charge in [-0.15, -0.1) is 0 Å². The second-order valence-corrected chi connectivity index (χ2v) is 4.35. The fourth-order valence-electron chi connectivity index (χ4n) is 1.73. The molecule has 0 spiro atoms. The van der Waals surface area contributed by atoms with Crippen LogP contribution >= 0.6 is 0 Å². The van der Waals surface area contributed by atoms with Crippen LogP contribution in [0.3, 0.4) is 0 Å². The topological polar surface area (TPSA) is 71.3 Å². The number of nitrogens with one attached hydrogen (secondary N) is 1. The first kappa shape index (κ1) is 13.3. The third kappa shape index (κ3) is 2.87. The Kier molecular flexibility index (Phi) is 3.93. The molecule has 17 heavy (non-hydrogen) atoms. The van der Waals surface area contributed by atoms with Crippen LogP contribution in [0, 0.1) is 0 Å². The Bertz CT molecular complexity index is 425. The van der Waals surface area contributed by atoms with Gasteiger partial charge in [-0.2, -0.15) is 0 Å².